The summed E-state index contributed by atoms with van der Waals surface area (Å²) in [5, 5.41) is 0. The van der Waals surface area contributed by atoms with Crippen molar-refractivity contribution in [3.8, 4) is 0 Å². The van der Waals surface area contributed by atoms with Crippen LogP contribution in [0.2, 0.25) is 0 Å². The maximum Gasteiger partial charge on any atom is 0.405 e. The minimum atomic E-state index is -4.08. The molecule has 0 radical (unpaired) electrons. The fourth-order valence-corrected chi connectivity index (χ4v) is 6.75. The number of rotatable bonds is 31. The van der Waals surface area contributed by atoms with Crippen LogP contribution in [-0.4, -0.2) is 67.1 Å². The van der Waals surface area contributed by atoms with Gasteiger partial charge < -0.3 is 19.1 Å². The predicted molar refractivity (Wildman–Crippen MR) is 181 cm³/mol. The van der Waals surface area contributed by atoms with Crippen LogP contribution in [0.1, 0.15) is 168 Å². The third-order valence-corrected chi connectivity index (χ3v) is 10.1. The van der Waals surface area contributed by atoms with Gasteiger partial charge >= 0.3 is 19.7 Å². The lowest BCUT2D eigenvalue weighted by Gasteiger charge is -2.30. The molecule has 1 fully saturated rings. The van der Waals surface area contributed by atoms with Crippen molar-refractivity contribution in [1.82, 2.24) is 4.67 Å². The summed E-state index contributed by atoms with van der Waals surface area (Å²) in [6.45, 7) is 5.23. The number of hydrogen-bond donors (Lipinski definition) is 1. The van der Waals surface area contributed by atoms with Crippen molar-refractivity contribution in [2.75, 3.05) is 39.5 Å². The molecule has 0 bridgehead atoms. The standard InChI is InChI=1S/C35H68NO8P/c1-3-5-7-9-11-13-15-17-19-21-23-25-34(37)42-31-33(32-43-45(39,40)36-27-29-41-30-28-36)44-35(38)26-24-22-20-18-16-14-12-10-8-6-4-2/h33H,3-32H2,1-2H3,(H,39,40). The molecule has 0 saturated carbocycles. The second kappa shape index (κ2) is 29.2. The molecule has 0 aromatic rings. The first-order valence-electron chi connectivity index (χ1n) is 18.5. The van der Waals surface area contributed by atoms with Gasteiger partial charge in [-0.3, -0.25) is 14.1 Å². The largest absolute Gasteiger partial charge is 0.462 e. The van der Waals surface area contributed by atoms with E-state index in [4.69, 9.17) is 18.7 Å². The molecule has 0 aliphatic carbocycles. The topological polar surface area (TPSA) is 112 Å². The Morgan fingerprint density at radius 3 is 1.49 bits per heavy atom. The van der Waals surface area contributed by atoms with Crippen molar-refractivity contribution in [2.24, 2.45) is 0 Å². The predicted octanol–water partition coefficient (Wildman–Crippen LogP) is 9.29. The number of ether oxygens (including phenoxy) is 3. The minimum Gasteiger partial charge on any atom is -0.462 e. The van der Waals surface area contributed by atoms with Crippen molar-refractivity contribution in [3.05, 3.63) is 0 Å². The Balaban J connectivity index is 2.32. The molecule has 0 aromatic carbocycles. The maximum atomic E-state index is 12.8. The van der Waals surface area contributed by atoms with Crippen molar-refractivity contribution >= 4 is 19.7 Å². The number of morpholine rings is 1. The summed E-state index contributed by atoms with van der Waals surface area (Å²) in [6.07, 6.45) is 25.9. The van der Waals surface area contributed by atoms with Crippen LogP contribution in [0.4, 0.5) is 0 Å². The number of unbranched alkanes of at least 4 members (excludes halogenated alkanes) is 20. The van der Waals surface area contributed by atoms with E-state index in [1.807, 2.05) is 0 Å². The number of nitrogens with zero attached hydrogens (tertiary/aromatic N) is 1. The van der Waals surface area contributed by atoms with E-state index in [0.29, 0.717) is 19.6 Å². The zero-order chi connectivity index (χ0) is 32.9. The summed E-state index contributed by atoms with van der Waals surface area (Å²) < 4.78 is 35.7. The van der Waals surface area contributed by atoms with Gasteiger partial charge in [-0.15, -0.1) is 0 Å². The highest BCUT2D eigenvalue weighted by atomic mass is 31.2. The summed E-state index contributed by atoms with van der Waals surface area (Å²) in [6, 6.07) is 0. The summed E-state index contributed by atoms with van der Waals surface area (Å²) >= 11 is 0. The van der Waals surface area contributed by atoms with Gasteiger partial charge in [0.25, 0.3) is 0 Å². The van der Waals surface area contributed by atoms with Crippen molar-refractivity contribution in [1.29, 1.82) is 0 Å². The average Bonchev–Trinajstić information content (AvgIpc) is 3.04. The van der Waals surface area contributed by atoms with E-state index in [9.17, 15) is 19.0 Å². The van der Waals surface area contributed by atoms with Crippen LogP contribution in [0.15, 0.2) is 0 Å². The molecule has 0 aromatic heterocycles. The van der Waals surface area contributed by atoms with Crippen LogP contribution in [-0.2, 0) is 32.9 Å². The van der Waals surface area contributed by atoms with Crippen LogP contribution in [0.5, 0.6) is 0 Å². The maximum absolute atomic E-state index is 12.8. The molecule has 0 spiro atoms. The van der Waals surface area contributed by atoms with Gasteiger partial charge in [-0.1, -0.05) is 142 Å². The molecular weight excluding hydrogens is 593 g/mol. The Morgan fingerprint density at radius 2 is 1.04 bits per heavy atom. The number of carbonyl (C=O) groups excluding carboxylic acids is 2. The van der Waals surface area contributed by atoms with Crippen LogP contribution < -0.4 is 0 Å². The van der Waals surface area contributed by atoms with Gasteiger partial charge in [0.2, 0.25) is 0 Å². The highest BCUT2D eigenvalue weighted by Gasteiger charge is 2.33. The second-order valence-corrected chi connectivity index (χ2v) is 14.5. The summed E-state index contributed by atoms with van der Waals surface area (Å²) in [5.41, 5.74) is 0. The van der Waals surface area contributed by atoms with Crippen molar-refractivity contribution in [2.45, 2.75) is 174 Å². The molecule has 9 nitrogen and oxygen atoms in total. The molecule has 1 saturated heterocycles. The van der Waals surface area contributed by atoms with Crippen LogP contribution in [0.3, 0.4) is 0 Å². The molecule has 10 heteroatoms. The second-order valence-electron chi connectivity index (χ2n) is 12.7. The van der Waals surface area contributed by atoms with Gasteiger partial charge in [0.05, 0.1) is 19.8 Å². The number of carbonyl (C=O) groups is 2. The highest BCUT2D eigenvalue weighted by Crippen LogP contribution is 2.46. The number of hydrogen-bond acceptors (Lipinski definition) is 7. The van der Waals surface area contributed by atoms with E-state index in [0.717, 1.165) is 38.5 Å². The molecule has 1 N–H and O–H groups in total. The molecule has 266 valence electrons. The first-order chi connectivity index (χ1) is 21.9. The SMILES string of the molecule is CCCCCCCCCCCCCC(=O)OCC(COP(=O)(O)N1CCOCC1)OC(=O)CCCCCCCCCCCCC. The van der Waals surface area contributed by atoms with Gasteiger partial charge in [0.1, 0.15) is 6.61 Å². The fourth-order valence-electron chi connectivity index (χ4n) is 5.55. The molecule has 1 aliphatic rings. The normalized spacial score (nSPS) is 15.9. The van der Waals surface area contributed by atoms with Gasteiger partial charge in [-0.2, -0.15) is 0 Å². The van der Waals surface area contributed by atoms with E-state index >= 15 is 0 Å². The van der Waals surface area contributed by atoms with E-state index in [1.165, 1.54) is 107 Å². The Bertz CT molecular complexity index is 762. The quantitative estimate of drug-likeness (QED) is 0.0441. The van der Waals surface area contributed by atoms with Crippen molar-refractivity contribution < 1.29 is 37.8 Å². The first kappa shape index (κ1) is 42.0. The smallest absolute Gasteiger partial charge is 0.405 e. The Morgan fingerprint density at radius 1 is 0.644 bits per heavy atom. The lowest BCUT2D eigenvalue weighted by Crippen LogP contribution is -2.36. The third kappa shape index (κ3) is 24.8. The van der Waals surface area contributed by atoms with Crippen LogP contribution in [0.25, 0.3) is 0 Å². The molecule has 2 atom stereocenters. The molecule has 1 aliphatic heterocycles. The molecule has 45 heavy (non-hydrogen) atoms. The van der Waals surface area contributed by atoms with Gasteiger partial charge in [0.15, 0.2) is 6.10 Å². The molecule has 2 unspecified atom stereocenters. The van der Waals surface area contributed by atoms with Crippen LogP contribution in [0, 0.1) is 0 Å². The molecular formula is C35H68NO8P. The monoisotopic (exact) mass is 661 g/mol. The fraction of sp³-hybridized carbons (Fsp3) is 0.943. The first-order valence-corrected chi connectivity index (χ1v) is 20.1. The van der Waals surface area contributed by atoms with E-state index < -0.39 is 19.8 Å². The Hall–Kier alpha value is -0.990. The zero-order valence-corrected chi connectivity index (χ0v) is 29.9. The molecule has 1 rings (SSSR count). The Kier molecular flexibility index (Phi) is 27.2. The third-order valence-electron chi connectivity index (χ3n) is 8.47. The lowest BCUT2D eigenvalue weighted by molar-refractivity contribution is -0.161. The lowest BCUT2D eigenvalue weighted by atomic mass is 10.1. The summed E-state index contributed by atoms with van der Waals surface area (Å²) in [5.74, 6) is -0.752. The Labute approximate surface area is 275 Å². The van der Waals surface area contributed by atoms with E-state index in [2.05, 4.69) is 13.8 Å². The molecule has 0 amide bonds. The zero-order valence-electron chi connectivity index (χ0n) is 29.0. The van der Waals surface area contributed by atoms with E-state index in [-0.39, 0.29) is 38.7 Å². The number of esters is 2. The summed E-state index contributed by atoms with van der Waals surface area (Å²) in [7, 11) is -4.08. The average molecular weight is 662 g/mol. The molecule has 1 heterocycles. The minimum absolute atomic E-state index is 0.191. The summed E-state index contributed by atoms with van der Waals surface area (Å²) in [4.78, 5) is 35.4. The van der Waals surface area contributed by atoms with Crippen molar-refractivity contribution in [3.63, 3.8) is 0 Å². The highest BCUT2D eigenvalue weighted by molar-refractivity contribution is 7.50. The van der Waals surface area contributed by atoms with Gasteiger partial charge in [-0.05, 0) is 12.8 Å². The van der Waals surface area contributed by atoms with E-state index in [1.54, 1.807) is 0 Å². The van der Waals surface area contributed by atoms with Gasteiger partial charge in [-0.25, -0.2) is 9.24 Å². The van der Waals surface area contributed by atoms with Gasteiger partial charge in [0, 0.05) is 25.9 Å². The van der Waals surface area contributed by atoms with Crippen LogP contribution >= 0.6 is 7.75 Å².